The van der Waals surface area contributed by atoms with E-state index in [0.717, 1.165) is 25.6 Å². The molecule has 0 spiro atoms. The van der Waals surface area contributed by atoms with Crippen LogP contribution in [-0.2, 0) is 19.6 Å². The third kappa shape index (κ3) is 4.07. The molecule has 1 saturated heterocycles. The van der Waals surface area contributed by atoms with Gasteiger partial charge in [-0.25, -0.2) is 13.1 Å². The first-order chi connectivity index (χ1) is 7.44. The van der Waals surface area contributed by atoms with Crippen LogP contribution in [0.15, 0.2) is 0 Å². The minimum atomic E-state index is -3.15. The van der Waals surface area contributed by atoms with Gasteiger partial charge in [-0.1, -0.05) is 0 Å². The maximum Gasteiger partial charge on any atom is 0.323 e. The third-order valence-electron chi connectivity index (χ3n) is 2.60. The van der Waals surface area contributed by atoms with Crippen LogP contribution in [0.2, 0.25) is 0 Å². The monoisotopic (exact) mass is 250 g/mol. The fraction of sp³-hybridized carbons (Fsp3) is 0.889. The number of nitrogens with one attached hydrogen (secondary N) is 1. The van der Waals surface area contributed by atoms with Gasteiger partial charge in [-0.3, -0.25) is 9.69 Å². The Morgan fingerprint density at radius 3 is 2.81 bits per heavy atom. The normalized spacial score (nSPS) is 22.2. The summed E-state index contributed by atoms with van der Waals surface area (Å²) >= 11 is 0. The van der Waals surface area contributed by atoms with Crippen molar-refractivity contribution in [2.75, 3.05) is 33.0 Å². The molecule has 0 saturated carbocycles. The summed E-state index contributed by atoms with van der Waals surface area (Å²) in [6.45, 7) is 1.67. The molecule has 0 radical (unpaired) electrons. The number of hydrogen-bond acceptors (Lipinski definition) is 5. The van der Waals surface area contributed by atoms with Crippen molar-refractivity contribution in [2.45, 2.75) is 18.9 Å². The molecular formula is C9H18N2O4S. The Labute approximate surface area is 96.0 Å². The Balaban J connectivity index is 2.39. The topological polar surface area (TPSA) is 75.7 Å². The zero-order valence-corrected chi connectivity index (χ0v) is 10.4. The van der Waals surface area contributed by atoms with Crippen LogP contribution >= 0.6 is 0 Å². The van der Waals surface area contributed by atoms with Gasteiger partial charge in [0.2, 0.25) is 10.0 Å². The fourth-order valence-corrected chi connectivity index (χ4v) is 2.33. The van der Waals surface area contributed by atoms with E-state index in [1.54, 1.807) is 0 Å². The standard InChI is InChI=1S/C9H18N2O4S/c1-15-9(12)8-4-3-6-11(8)7-5-10-16(2,13)14/h8,10H,3-7H2,1-2H3. The highest BCUT2D eigenvalue weighted by Crippen LogP contribution is 2.17. The molecule has 1 fully saturated rings. The van der Waals surface area contributed by atoms with Crippen molar-refractivity contribution in [1.29, 1.82) is 0 Å². The molecule has 1 N–H and O–H groups in total. The van der Waals surface area contributed by atoms with Gasteiger partial charge >= 0.3 is 5.97 Å². The van der Waals surface area contributed by atoms with E-state index in [0.29, 0.717) is 13.1 Å². The lowest BCUT2D eigenvalue weighted by Gasteiger charge is -2.21. The number of esters is 1. The van der Waals surface area contributed by atoms with E-state index < -0.39 is 10.0 Å². The van der Waals surface area contributed by atoms with Crippen molar-refractivity contribution in [3.8, 4) is 0 Å². The zero-order chi connectivity index (χ0) is 12.2. The molecule has 1 aliphatic rings. The third-order valence-corrected chi connectivity index (χ3v) is 3.33. The molecule has 6 nitrogen and oxygen atoms in total. The van der Waals surface area contributed by atoms with E-state index in [1.165, 1.54) is 7.11 Å². The second-order valence-electron chi connectivity index (χ2n) is 3.88. The number of likely N-dealkylation sites (tertiary alicyclic amines) is 1. The van der Waals surface area contributed by atoms with Crippen LogP contribution in [0, 0.1) is 0 Å². The van der Waals surface area contributed by atoms with Crippen LogP contribution in [0.3, 0.4) is 0 Å². The lowest BCUT2D eigenvalue weighted by molar-refractivity contribution is -0.145. The zero-order valence-electron chi connectivity index (χ0n) is 9.60. The minimum Gasteiger partial charge on any atom is -0.468 e. The van der Waals surface area contributed by atoms with Crippen molar-refractivity contribution in [1.82, 2.24) is 9.62 Å². The van der Waals surface area contributed by atoms with E-state index in [4.69, 9.17) is 4.74 Å². The molecular weight excluding hydrogens is 232 g/mol. The van der Waals surface area contributed by atoms with Gasteiger partial charge in [0, 0.05) is 13.1 Å². The predicted molar refractivity (Wildman–Crippen MR) is 59.5 cm³/mol. The molecule has 7 heteroatoms. The molecule has 1 aliphatic heterocycles. The van der Waals surface area contributed by atoms with Crippen molar-refractivity contribution in [3.05, 3.63) is 0 Å². The highest BCUT2D eigenvalue weighted by atomic mass is 32.2. The van der Waals surface area contributed by atoms with Gasteiger partial charge in [-0.15, -0.1) is 0 Å². The second kappa shape index (κ2) is 5.60. The summed E-state index contributed by atoms with van der Waals surface area (Å²) in [7, 11) is -1.78. The highest BCUT2D eigenvalue weighted by molar-refractivity contribution is 7.88. The Morgan fingerprint density at radius 1 is 1.56 bits per heavy atom. The van der Waals surface area contributed by atoms with E-state index in [9.17, 15) is 13.2 Å². The molecule has 0 bridgehead atoms. The average Bonchev–Trinajstić information content (AvgIpc) is 2.63. The first-order valence-corrected chi connectivity index (χ1v) is 7.09. The molecule has 1 rings (SSSR count). The highest BCUT2D eigenvalue weighted by Gasteiger charge is 2.30. The first kappa shape index (κ1) is 13.4. The summed E-state index contributed by atoms with van der Waals surface area (Å²) in [4.78, 5) is 13.3. The second-order valence-corrected chi connectivity index (χ2v) is 5.72. The van der Waals surface area contributed by atoms with Crippen molar-refractivity contribution in [3.63, 3.8) is 0 Å². The van der Waals surface area contributed by atoms with Gasteiger partial charge in [-0.2, -0.15) is 0 Å². The van der Waals surface area contributed by atoms with Crippen LogP contribution in [0.5, 0.6) is 0 Å². The van der Waals surface area contributed by atoms with Crippen molar-refractivity contribution < 1.29 is 17.9 Å². The van der Waals surface area contributed by atoms with Gasteiger partial charge in [0.05, 0.1) is 13.4 Å². The first-order valence-electron chi connectivity index (χ1n) is 5.20. The summed E-state index contributed by atoms with van der Waals surface area (Å²) in [6.07, 6.45) is 2.85. The molecule has 0 aromatic heterocycles. The van der Waals surface area contributed by atoms with Crippen LogP contribution in [0.25, 0.3) is 0 Å². The number of ether oxygens (including phenoxy) is 1. The maximum atomic E-state index is 11.4. The summed E-state index contributed by atoms with van der Waals surface area (Å²) < 4.78 is 28.8. The maximum absolute atomic E-state index is 11.4. The Kier molecular flexibility index (Phi) is 4.69. The Hall–Kier alpha value is -0.660. The van der Waals surface area contributed by atoms with E-state index in [2.05, 4.69) is 4.72 Å². The summed E-state index contributed by atoms with van der Waals surface area (Å²) in [5.41, 5.74) is 0. The summed E-state index contributed by atoms with van der Waals surface area (Å²) in [5, 5.41) is 0. The molecule has 0 aromatic carbocycles. The van der Waals surface area contributed by atoms with Gasteiger partial charge in [-0.05, 0) is 19.4 Å². The summed E-state index contributed by atoms with van der Waals surface area (Å²) in [6, 6.07) is -0.216. The predicted octanol–water partition coefficient (Wildman–Crippen LogP) is -0.827. The van der Waals surface area contributed by atoms with Crippen LogP contribution in [0.4, 0.5) is 0 Å². The van der Waals surface area contributed by atoms with E-state index in [1.807, 2.05) is 4.90 Å². The number of methoxy groups -OCH3 is 1. The lowest BCUT2D eigenvalue weighted by atomic mass is 10.2. The molecule has 16 heavy (non-hydrogen) atoms. The van der Waals surface area contributed by atoms with Crippen LogP contribution < -0.4 is 4.72 Å². The number of nitrogens with zero attached hydrogens (tertiary/aromatic N) is 1. The Morgan fingerprint density at radius 2 is 2.25 bits per heavy atom. The molecule has 1 unspecified atom stereocenters. The minimum absolute atomic E-state index is 0.216. The van der Waals surface area contributed by atoms with Crippen molar-refractivity contribution >= 4 is 16.0 Å². The largest absolute Gasteiger partial charge is 0.468 e. The molecule has 94 valence electrons. The SMILES string of the molecule is COC(=O)C1CCCN1CCNS(C)(=O)=O. The van der Waals surface area contributed by atoms with Gasteiger partial charge in [0.25, 0.3) is 0 Å². The number of rotatable bonds is 5. The van der Waals surface area contributed by atoms with Gasteiger partial charge in [0.1, 0.15) is 6.04 Å². The van der Waals surface area contributed by atoms with Crippen LogP contribution in [-0.4, -0.2) is 58.3 Å². The molecule has 0 amide bonds. The number of sulfonamides is 1. The number of carbonyl (C=O) groups excluding carboxylic acids is 1. The fourth-order valence-electron chi connectivity index (χ4n) is 1.87. The average molecular weight is 250 g/mol. The quantitative estimate of drug-likeness (QED) is 0.645. The number of hydrogen-bond donors (Lipinski definition) is 1. The smallest absolute Gasteiger partial charge is 0.323 e. The number of carbonyl (C=O) groups is 1. The van der Waals surface area contributed by atoms with Gasteiger partial charge in [0.15, 0.2) is 0 Å². The Bertz CT molecular complexity index is 341. The van der Waals surface area contributed by atoms with E-state index >= 15 is 0 Å². The van der Waals surface area contributed by atoms with Crippen LogP contribution in [0.1, 0.15) is 12.8 Å². The molecule has 0 aromatic rings. The molecule has 0 aliphatic carbocycles. The molecule has 1 heterocycles. The lowest BCUT2D eigenvalue weighted by Crippen LogP contribution is -2.41. The summed E-state index contributed by atoms with van der Waals surface area (Å²) in [5.74, 6) is -0.239. The van der Waals surface area contributed by atoms with Crippen molar-refractivity contribution in [2.24, 2.45) is 0 Å². The molecule has 1 atom stereocenters. The van der Waals surface area contributed by atoms with E-state index in [-0.39, 0.29) is 12.0 Å². The van der Waals surface area contributed by atoms with Gasteiger partial charge < -0.3 is 4.74 Å².